The Hall–Kier alpha value is -1.47. The molecule has 1 N–H and O–H groups in total. The Kier molecular flexibility index (Phi) is 4.72. The second kappa shape index (κ2) is 6.32. The summed E-state index contributed by atoms with van der Waals surface area (Å²) in [5, 5.41) is 9.76. The van der Waals surface area contributed by atoms with E-state index in [0.29, 0.717) is 13.1 Å². The summed E-state index contributed by atoms with van der Waals surface area (Å²) >= 11 is 1.23. The van der Waals surface area contributed by atoms with E-state index in [1.807, 2.05) is 0 Å². The van der Waals surface area contributed by atoms with Crippen LogP contribution in [0.25, 0.3) is 0 Å². The molecule has 1 aromatic rings. The first-order valence-corrected chi connectivity index (χ1v) is 7.35. The van der Waals surface area contributed by atoms with Crippen molar-refractivity contribution >= 4 is 23.2 Å². The second-order valence-electron chi connectivity index (χ2n) is 4.85. The number of nitrogens with zero attached hydrogens (tertiary/aromatic N) is 2. The highest BCUT2D eigenvalue weighted by atomic mass is 32.1. The van der Waals surface area contributed by atoms with Gasteiger partial charge in [-0.3, -0.25) is 4.79 Å². The summed E-state index contributed by atoms with van der Waals surface area (Å²) < 4.78 is 5.04. The van der Waals surface area contributed by atoms with Gasteiger partial charge < -0.3 is 14.7 Å². The molecule has 1 aromatic heterocycles. The topological polar surface area (TPSA) is 79.7 Å². The lowest BCUT2D eigenvalue weighted by molar-refractivity contribution is -0.142. The lowest BCUT2D eigenvalue weighted by atomic mass is 9.97. The number of aromatic carboxylic acids is 1. The van der Waals surface area contributed by atoms with Crippen LogP contribution in [0.5, 0.6) is 0 Å². The van der Waals surface area contributed by atoms with Gasteiger partial charge in [0.1, 0.15) is 11.0 Å². The van der Waals surface area contributed by atoms with Crippen molar-refractivity contribution in [1.82, 2.24) is 9.88 Å². The van der Waals surface area contributed by atoms with Gasteiger partial charge in [-0.25, -0.2) is 9.78 Å². The van der Waals surface area contributed by atoms with Crippen molar-refractivity contribution < 1.29 is 19.4 Å². The van der Waals surface area contributed by atoms with Crippen LogP contribution in [0.3, 0.4) is 0 Å². The van der Waals surface area contributed by atoms with Crippen LogP contribution in [0, 0.1) is 0 Å². The minimum Gasteiger partial charge on any atom is -0.477 e. The average Bonchev–Trinajstić information content (AvgIpc) is 2.96. The van der Waals surface area contributed by atoms with Crippen molar-refractivity contribution in [3.8, 4) is 0 Å². The number of amides is 1. The molecule has 110 valence electrons. The molecule has 2 rings (SSSR count). The molecule has 0 radical (unpaired) electrons. The highest BCUT2D eigenvalue weighted by molar-refractivity contribution is 7.13. The first-order valence-electron chi connectivity index (χ1n) is 6.53. The van der Waals surface area contributed by atoms with Crippen LogP contribution < -0.4 is 0 Å². The van der Waals surface area contributed by atoms with Gasteiger partial charge in [0.05, 0.1) is 11.2 Å². The number of piperidine rings is 1. The molecule has 1 amide bonds. The summed E-state index contributed by atoms with van der Waals surface area (Å²) in [5.41, 5.74) is 0. The fourth-order valence-electron chi connectivity index (χ4n) is 2.28. The molecule has 0 saturated carbocycles. The van der Waals surface area contributed by atoms with Gasteiger partial charge in [-0.05, 0) is 19.8 Å². The number of methoxy groups -OCH3 is 1. The summed E-state index contributed by atoms with van der Waals surface area (Å²) in [5.74, 6) is -0.679. The summed E-state index contributed by atoms with van der Waals surface area (Å²) in [4.78, 5) is 29.1. The predicted molar refractivity (Wildman–Crippen MR) is 74.1 cm³/mol. The number of hydrogen-bond acceptors (Lipinski definition) is 5. The zero-order chi connectivity index (χ0) is 14.7. The van der Waals surface area contributed by atoms with Gasteiger partial charge in [0.15, 0.2) is 0 Å². The Morgan fingerprint density at radius 2 is 2.15 bits per heavy atom. The minimum atomic E-state index is -0.935. The maximum Gasteiger partial charge on any atom is 0.347 e. The smallest absolute Gasteiger partial charge is 0.347 e. The quantitative estimate of drug-likeness (QED) is 0.913. The van der Waals surface area contributed by atoms with E-state index < -0.39 is 12.1 Å². The maximum atomic E-state index is 12.0. The fourth-order valence-corrected chi connectivity index (χ4v) is 3.21. The fraction of sp³-hybridized carbons (Fsp3) is 0.615. The molecule has 1 fully saturated rings. The van der Waals surface area contributed by atoms with E-state index in [0.717, 1.165) is 17.8 Å². The van der Waals surface area contributed by atoms with Crippen molar-refractivity contribution in [3.05, 3.63) is 16.1 Å². The second-order valence-corrected chi connectivity index (χ2v) is 5.91. The van der Waals surface area contributed by atoms with Gasteiger partial charge >= 0.3 is 5.97 Å². The molecule has 2 heterocycles. The van der Waals surface area contributed by atoms with Gasteiger partial charge in [0.2, 0.25) is 0 Å². The summed E-state index contributed by atoms with van der Waals surface area (Å²) in [7, 11) is 1.53. The standard InChI is InChI=1S/C13H18N2O4S/c1-8(19-2)12(16)15-5-3-9(4-6-15)11-14-7-10(20-11)13(17)18/h7-9H,3-6H2,1-2H3,(H,17,18). The van der Waals surface area contributed by atoms with Crippen molar-refractivity contribution in [1.29, 1.82) is 0 Å². The number of thiazole rings is 1. The summed E-state index contributed by atoms with van der Waals surface area (Å²) in [6, 6.07) is 0. The number of likely N-dealkylation sites (tertiary alicyclic amines) is 1. The maximum absolute atomic E-state index is 12.0. The molecule has 0 bridgehead atoms. The number of ether oxygens (including phenoxy) is 1. The van der Waals surface area contributed by atoms with E-state index in [1.54, 1.807) is 11.8 Å². The first-order chi connectivity index (χ1) is 9.52. The van der Waals surface area contributed by atoms with Crippen LogP contribution in [0.1, 0.15) is 40.4 Å². The molecule has 1 unspecified atom stereocenters. The molecule has 1 atom stereocenters. The molecule has 20 heavy (non-hydrogen) atoms. The number of carbonyl (C=O) groups excluding carboxylic acids is 1. The summed E-state index contributed by atoms with van der Waals surface area (Å²) in [6.45, 7) is 3.08. The van der Waals surface area contributed by atoms with Crippen molar-refractivity contribution in [2.45, 2.75) is 31.8 Å². The van der Waals surface area contributed by atoms with E-state index in [-0.39, 0.29) is 16.7 Å². The Morgan fingerprint density at radius 1 is 1.50 bits per heavy atom. The van der Waals surface area contributed by atoms with Gasteiger partial charge in [-0.15, -0.1) is 11.3 Å². The molecular formula is C13H18N2O4S. The van der Waals surface area contributed by atoms with Gasteiger partial charge in [0, 0.05) is 26.1 Å². The van der Waals surface area contributed by atoms with Gasteiger partial charge in [-0.2, -0.15) is 0 Å². The third kappa shape index (κ3) is 3.16. The van der Waals surface area contributed by atoms with E-state index in [2.05, 4.69) is 4.98 Å². The third-order valence-electron chi connectivity index (χ3n) is 3.59. The molecule has 1 aliphatic rings. The van der Waals surface area contributed by atoms with Crippen LogP contribution in [-0.4, -0.2) is 53.2 Å². The van der Waals surface area contributed by atoms with Crippen molar-refractivity contribution in [2.75, 3.05) is 20.2 Å². The molecule has 1 aliphatic heterocycles. The number of aromatic nitrogens is 1. The van der Waals surface area contributed by atoms with Crippen LogP contribution in [0.4, 0.5) is 0 Å². The lowest BCUT2D eigenvalue weighted by Crippen LogP contribution is -2.43. The Balaban J connectivity index is 1.93. The monoisotopic (exact) mass is 298 g/mol. The Morgan fingerprint density at radius 3 is 2.65 bits per heavy atom. The number of rotatable bonds is 4. The SMILES string of the molecule is COC(C)C(=O)N1CCC(c2ncc(C(=O)O)s2)CC1. The summed E-state index contributed by atoms with van der Waals surface area (Å²) in [6.07, 6.45) is 2.63. The number of hydrogen-bond donors (Lipinski definition) is 1. The van der Waals surface area contributed by atoms with E-state index in [4.69, 9.17) is 9.84 Å². The number of carboxylic acids is 1. The van der Waals surface area contributed by atoms with E-state index in [9.17, 15) is 9.59 Å². The van der Waals surface area contributed by atoms with Gasteiger partial charge in [-0.1, -0.05) is 0 Å². The highest BCUT2D eigenvalue weighted by Crippen LogP contribution is 2.31. The zero-order valence-corrected chi connectivity index (χ0v) is 12.4. The minimum absolute atomic E-state index is 0.0105. The molecule has 0 aromatic carbocycles. The molecule has 6 nitrogen and oxygen atoms in total. The number of carbonyl (C=O) groups is 2. The Bertz CT molecular complexity index is 494. The van der Waals surface area contributed by atoms with Crippen LogP contribution >= 0.6 is 11.3 Å². The zero-order valence-electron chi connectivity index (χ0n) is 11.5. The molecule has 0 aliphatic carbocycles. The lowest BCUT2D eigenvalue weighted by Gasteiger charge is -2.32. The van der Waals surface area contributed by atoms with Gasteiger partial charge in [0.25, 0.3) is 5.91 Å². The predicted octanol–water partition coefficient (Wildman–Crippen LogP) is 1.58. The van der Waals surface area contributed by atoms with Crippen molar-refractivity contribution in [3.63, 3.8) is 0 Å². The molecule has 7 heteroatoms. The van der Waals surface area contributed by atoms with E-state index >= 15 is 0 Å². The highest BCUT2D eigenvalue weighted by Gasteiger charge is 2.28. The van der Waals surface area contributed by atoms with E-state index in [1.165, 1.54) is 24.6 Å². The Labute approximate surface area is 121 Å². The third-order valence-corrected chi connectivity index (χ3v) is 4.74. The first kappa shape index (κ1) is 14.9. The van der Waals surface area contributed by atoms with Crippen LogP contribution in [0.15, 0.2) is 6.20 Å². The largest absolute Gasteiger partial charge is 0.477 e. The molecule has 0 spiro atoms. The molecule has 1 saturated heterocycles. The van der Waals surface area contributed by atoms with Crippen molar-refractivity contribution in [2.24, 2.45) is 0 Å². The normalized spacial score (nSPS) is 18.0. The average molecular weight is 298 g/mol. The van der Waals surface area contributed by atoms with Crippen LogP contribution in [0.2, 0.25) is 0 Å². The van der Waals surface area contributed by atoms with Crippen LogP contribution in [-0.2, 0) is 9.53 Å². The number of carboxylic acid groups (broad SMARTS) is 1. The molecular weight excluding hydrogens is 280 g/mol.